The van der Waals surface area contributed by atoms with Gasteiger partial charge in [-0.25, -0.2) is 0 Å². The van der Waals surface area contributed by atoms with E-state index in [1.807, 2.05) is 7.11 Å². The average molecular weight is 154 g/mol. The maximum absolute atomic E-state index is 5.36. The first-order valence-corrected chi connectivity index (χ1v) is 4.78. The van der Waals surface area contributed by atoms with Crippen LogP contribution in [0.2, 0.25) is 12.6 Å². The molecule has 1 fully saturated rings. The van der Waals surface area contributed by atoms with Crippen molar-refractivity contribution in [3.63, 3.8) is 0 Å². The monoisotopic (exact) mass is 154 g/mol. The maximum Gasteiger partial charge on any atom is 0.292 e. The smallest absolute Gasteiger partial charge is 0.292 e. The Balaban J connectivity index is 2.40. The van der Waals surface area contributed by atoms with Crippen LogP contribution in [0.25, 0.3) is 0 Å². The molecule has 0 heterocycles. The summed E-state index contributed by atoms with van der Waals surface area (Å²) in [7, 11) is 1.83. The molecule has 0 saturated heterocycles. The molecule has 0 spiro atoms. The van der Waals surface area contributed by atoms with Crippen molar-refractivity contribution < 1.29 is 4.65 Å². The van der Waals surface area contributed by atoms with Crippen molar-refractivity contribution in [1.29, 1.82) is 0 Å². The highest BCUT2D eigenvalue weighted by Gasteiger charge is 2.29. The molecule has 0 bridgehead atoms. The first kappa shape index (κ1) is 9.12. The van der Waals surface area contributed by atoms with Crippen LogP contribution < -0.4 is 0 Å². The Morgan fingerprint density at radius 1 is 1.27 bits per heavy atom. The van der Waals surface area contributed by atoms with Gasteiger partial charge in [0.25, 0.3) is 6.92 Å². The van der Waals surface area contributed by atoms with E-state index in [0.29, 0.717) is 6.92 Å². The molecule has 1 aliphatic carbocycles. The molecule has 1 aliphatic rings. The summed E-state index contributed by atoms with van der Waals surface area (Å²) >= 11 is 0. The van der Waals surface area contributed by atoms with Crippen molar-refractivity contribution in [1.82, 2.24) is 0 Å². The molecule has 2 atom stereocenters. The number of hydrogen-bond donors (Lipinski definition) is 0. The largest absolute Gasteiger partial charge is 0.438 e. The van der Waals surface area contributed by atoms with Crippen LogP contribution in [0.3, 0.4) is 0 Å². The van der Waals surface area contributed by atoms with E-state index in [0.717, 1.165) is 11.7 Å². The molecule has 0 aromatic heterocycles. The van der Waals surface area contributed by atoms with Crippen LogP contribution in [-0.2, 0) is 4.65 Å². The molecule has 1 saturated carbocycles. The predicted molar refractivity (Wildman–Crippen MR) is 50.0 cm³/mol. The summed E-state index contributed by atoms with van der Waals surface area (Å²) < 4.78 is 5.36. The van der Waals surface area contributed by atoms with Gasteiger partial charge in [0.05, 0.1) is 0 Å². The van der Waals surface area contributed by atoms with E-state index >= 15 is 0 Å². The Kier molecular flexibility index (Phi) is 3.44. The van der Waals surface area contributed by atoms with Crippen LogP contribution in [0.1, 0.15) is 32.6 Å². The molecule has 1 rings (SSSR count). The second-order valence-electron chi connectivity index (χ2n) is 3.87. The Morgan fingerprint density at radius 3 is 2.45 bits per heavy atom. The minimum absolute atomic E-state index is 0.463. The average Bonchev–Trinajstić information content (AvgIpc) is 2.04. The van der Waals surface area contributed by atoms with Crippen molar-refractivity contribution in [2.45, 2.75) is 45.2 Å². The second-order valence-corrected chi connectivity index (χ2v) is 3.87. The summed E-state index contributed by atoms with van der Waals surface area (Å²) in [4.78, 5) is 0. The maximum atomic E-state index is 5.36. The molecule has 0 aromatic carbocycles. The van der Waals surface area contributed by atoms with Gasteiger partial charge in [-0.1, -0.05) is 39.4 Å². The van der Waals surface area contributed by atoms with E-state index in [9.17, 15) is 0 Å². The van der Waals surface area contributed by atoms with E-state index < -0.39 is 0 Å². The number of hydrogen-bond acceptors (Lipinski definition) is 1. The van der Waals surface area contributed by atoms with E-state index in [2.05, 4.69) is 13.7 Å². The third kappa shape index (κ3) is 2.23. The van der Waals surface area contributed by atoms with Gasteiger partial charge < -0.3 is 4.65 Å². The molecule has 0 amide bonds. The lowest BCUT2D eigenvalue weighted by molar-refractivity contribution is 0.331. The zero-order valence-electron chi connectivity index (χ0n) is 7.97. The molecule has 0 aromatic rings. The zero-order chi connectivity index (χ0) is 8.27. The highest BCUT2D eigenvalue weighted by molar-refractivity contribution is 6.52. The molecule has 0 radical (unpaired) electrons. The lowest BCUT2D eigenvalue weighted by Crippen LogP contribution is -2.27. The second kappa shape index (κ2) is 4.15. The van der Waals surface area contributed by atoms with Crippen molar-refractivity contribution >= 4 is 6.92 Å². The normalized spacial score (nSPS) is 31.9. The topological polar surface area (TPSA) is 9.23 Å². The summed E-state index contributed by atoms with van der Waals surface area (Å²) in [6, 6.07) is 0. The highest BCUT2D eigenvalue weighted by atomic mass is 16.4. The van der Waals surface area contributed by atoms with Gasteiger partial charge in [-0.05, 0) is 11.7 Å². The van der Waals surface area contributed by atoms with Crippen LogP contribution in [0, 0.1) is 5.92 Å². The van der Waals surface area contributed by atoms with Gasteiger partial charge in [0, 0.05) is 7.11 Å². The van der Waals surface area contributed by atoms with Crippen LogP contribution in [0.15, 0.2) is 0 Å². The Hall–Kier alpha value is 0.0249. The standard InChI is InChI=1S/C9H19BO/c1-8-6-4-5-7-9(8)10(2)11-3/h8-9H,4-7H2,1-3H3/t8-,9-/m1/s1. The summed E-state index contributed by atoms with van der Waals surface area (Å²) in [6.45, 7) is 5.02. The Morgan fingerprint density at radius 2 is 1.91 bits per heavy atom. The van der Waals surface area contributed by atoms with Crippen molar-refractivity contribution in [2.75, 3.05) is 7.11 Å². The zero-order valence-corrected chi connectivity index (χ0v) is 7.97. The van der Waals surface area contributed by atoms with Crippen LogP contribution in [-0.4, -0.2) is 14.0 Å². The van der Waals surface area contributed by atoms with Gasteiger partial charge in [-0.2, -0.15) is 0 Å². The molecule has 0 unspecified atom stereocenters. The van der Waals surface area contributed by atoms with Gasteiger partial charge in [-0.15, -0.1) is 0 Å². The van der Waals surface area contributed by atoms with E-state index in [1.54, 1.807) is 0 Å². The van der Waals surface area contributed by atoms with Crippen LogP contribution in [0.4, 0.5) is 0 Å². The van der Waals surface area contributed by atoms with Crippen LogP contribution >= 0.6 is 0 Å². The molecule has 1 nitrogen and oxygen atoms in total. The van der Waals surface area contributed by atoms with Gasteiger partial charge in [0.2, 0.25) is 0 Å². The van der Waals surface area contributed by atoms with Gasteiger partial charge in [-0.3, -0.25) is 0 Å². The minimum Gasteiger partial charge on any atom is -0.438 e. The predicted octanol–water partition coefficient (Wildman–Crippen LogP) is 2.83. The minimum atomic E-state index is 0.463. The molecule has 0 aliphatic heterocycles. The SMILES string of the molecule is COB(C)[C@@H]1CCCC[C@H]1C. The first-order valence-electron chi connectivity index (χ1n) is 4.78. The molecule has 11 heavy (non-hydrogen) atoms. The fourth-order valence-corrected chi connectivity index (χ4v) is 2.22. The summed E-state index contributed by atoms with van der Waals surface area (Å²) in [6.07, 6.45) is 5.60. The quantitative estimate of drug-likeness (QED) is 0.555. The van der Waals surface area contributed by atoms with Crippen molar-refractivity contribution in [2.24, 2.45) is 5.92 Å². The molecule has 2 heteroatoms. The summed E-state index contributed by atoms with van der Waals surface area (Å²) in [5.74, 6) is 1.69. The van der Waals surface area contributed by atoms with Gasteiger partial charge >= 0.3 is 0 Å². The summed E-state index contributed by atoms with van der Waals surface area (Å²) in [5, 5.41) is 0. The van der Waals surface area contributed by atoms with E-state index in [4.69, 9.17) is 4.65 Å². The fourth-order valence-electron chi connectivity index (χ4n) is 2.22. The molecule has 0 N–H and O–H groups in total. The molecular weight excluding hydrogens is 135 g/mol. The lowest BCUT2D eigenvalue weighted by Gasteiger charge is -2.30. The lowest BCUT2D eigenvalue weighted by atomic mass is 9.50. The molecule has 64 valence electrons. The van der Waals surface area contributed by atoms with Crippen molar-refractivity contribution in [3.05, 3.63) is 0 Å². The van der Waals surface area contributed by atoms with Gasteiger partial charge in [0.1, 0.15) is 0 Å². The van der Waals surface area contributed by atoms with E-state index in [1.165, 1.54) is 25.7 Å². The van der Waals surface area contributed by atoms with E-state index in [-0.39, 0.29) is 0 Å². The Labute approximate surface area is 70.6 Å². The first-order chi connectivity index (χ1) is 5.25. The van der Waals surface area contributed by atoms with Gasteiger partial charge in [0.15, 0.2) is 0 Å². The third-order valence-corrected chi connectivity index (χ3v) is 3.15. The third-order valence-electron chi connectivity index (χ3n) is 3.15. The number of rotatable bonds is 2. The van der Waals surface area contributed by atoms with Crippen LogP contribution in [0.5, 0.6) is 0 Å². The Bertz CT molecular complexity index is 112. The summed E-state index contributed by atoms with van der Waals surface area (Å²) in [5.41, 5.74) is 0. The fraction of sp³-hybridized carbons (Fsp3) is 1.00. The molecular formula is C9H19BO. The highest BCUT2D eigenvalue weighted by Crippen LogP contribution is 2.36. The van der Waals surface area contributed by atoms with Crippen molar-refractivity contribution in [3.8, 4) is 0 Å².